The second-order valence-electron chi connectivity index (χ2n) is 6.59. The average Bonchev–Trinajstić information content (AvgIpc) is 3.28. The smallest absolute Gasteiger partial charge is 0.253 e. The van der Waals surface area contributed by atoms with Crippen molar-refractivity contribution in [1.29, 1.82) is 0 Å². The number of likely N-dealkylation sites (tertiary alicyclic amines) is 1. The Labute approximate surface area is 153 Å². The summed E-state index contributed by atoms with van der Waals surface area (Å²) in [6, 6.07) is 7.21. The summed E-state index contributed by atoms with van der Waals surface area (Å²) < 4.78 is 1.74. The van der Waals surface area contributed by atoms with E-state index in [0.29, 0.717) is 12.1 Å². The van der Waals surface area contributed by atoms with Crippen LogP contribution in [0.2, 0.25) is 0 Å². The summed E-state index contributed by atoms with van der Waals surface area (Å²) in [6.45, 7) is 7.57. The Bertz CT molecular complexity index is 817. The highest BCUT2D eigenvalue weighted by molar-refractivity contribution is 6.01. The van der Waals surface area contributed by atoms with Gasteiger partial charge in [-0.1, -0.05) is 6.58 Å². The zero-order chi connectivity index (χ0) is 18.7. The number of rotatable bonds is 5. The van der Waals surface area contributed by atoms with E-state index in [1.165, 1.54) is 6.08 Å². The summed E-state index contributed by atoms with van der Waals surface area (Å²) in [6.07, 6.45) is 5.34. The molecule has 6 nitrogen and oxygen atoms in total. The second kappa shape index (κ2) is 7.56. The minimum atomic E-state index is -0.188. The van der Waals surface area contributed by atoms with Gasteiger partial charge in [0.15, 0.2) is 0 Å². The molecule has 2 heterocycles. The van der Waals surface area contributed by atoms with Crippen molar-refractivity contribution in [2.45, 2.75) is 26.3 Å². The summed E-state index contributed by atoms with van der Waals surface area (Å²) in [5.74, 6) is -0.134. The molecule has 2 amide bonds. The average molecular weight is 352 g/mol. The number of hydrogen-bond acceptors (Lipinski definition) is 3. The van der Waals surface area contributed by atoms with Crippen LogP contribution < -0.4 is 4.90 Å². The Morgan fingerprint density at radius 1 is 1.23 bits per heavy atom. The van der Waals surface area contributed by atoms with Crippen LogP contribution in [0.25, 0.3) is 0 Å². The van der Waals surface area contributed by atoms with Gasteiger partial charge in [0.25, 0.3) is 11.8 Å². The Kier molecular flexibility index (Phi) is 5.21. The molecule has 0 N–H and O–H groups in total. The highest BCUT2D eigenvalue weighted by Crippen LogP contribution is 2.21. The molecule has 0 bridgehead atoms. The van der Waals surface area contributed by atoms with Crippen molar-refractivity contribution in [2.75, 3.05) is 18.0 Å². The van der Waals surface area contributed by atoms with E-state index in [2.05, 4.69) is 11.7 Å². The molecular formula is C20H24N4O2. The molecule has 26 heavy (non-hydrogen) atoms. The maximum atomic E-state index is 12.5. The molecule has 1 aromatic carbocycles. The topological polar surface area (TPSA) is 58.4 Å². The quantitative estimate of drug-likeness (QED) is 0.778. The molecule has 0 unspecified atom stereocenters. The Morgan fingerprint density at radius 3 is 2.42 bits per heavy atom. The molecule has 0 aliphatic carbocycles. The number of carbonyl (C=O) groups excluding carboxylic acids is 2. The van der Waals surface area contributed by atoms with Gasteiger partial charge in [-0.25, -0.2) is 0 Å². The minimum Gasteiger partial charge on any atom is -0.339 e. The van der Waals surface area contributed by atoms with E-state index in [4.69, 9.17) is 0 Å². The van der Waals surface area contributed by atoms with Crippen molar-refractivity contribution in [3.05, 3.63) is 59.9 Å². The first-order valence-electron chi connectivity index (χ1n) is 8.82. The van der Waals surface area contributed by atoms with Gasteiger partial charge in [-0.2, -0.15) is 5.10 Å². The van der Waals surface area contributed by atoms with Crippen molar-refractivity contribution in [3.8, 4) is 0 Å². The zero-order valence-corrected chi connectivity index (χ0v) is 15.3. The van der Waals surface area contributed by atoms with Crippen LogP contribution in [0.1, 0.15) is 34.5 Å². The van der Waals surface area contributed by atoms with Crippen LogP contribution in [0.15, 0.2) is 43.1 Å². The lowest BCUT2D eigenvalue weighted by Gasteiger charge is -2.22. The largest absolute Gasteiger partial charge is 0.339 e. The van der Waals surface area contributed by atoms with Crippen LogP contribution in [-0.4, -0.2) is 39.6 Å². The van der Waals surface area contributed by atoms with Gasteiger partial charge >= 0.3 is 0 Å². The number of anilines is 1. The lowest BCUT2D eigenvalue weighted by atomic mass is 10.1. The number of nitrogens with zero attached hydrogens (tertiary/aromatic N) is 4. The highest BCUT2D eigenvalue weighted by Gasteiger charge is 2.21. The molecule has 2 aromatic rings. The Balaban J connectivity index is 1.82. The van der Waals surface area contributed by atoms with Crippen LogP contribution in [0, 0.1) is 6.92 Å². The summed E-state index contributed by atoms with van der Waals surface area (Å²) in [5, 5.41) is 4.33. The molecule has 0 atom stereocenters. The van der Waals surface area contributed by atoms with Crippen molar-refractivity contribution < 1.29 is 9.59 Å². The number of hydrogen-bond donors (Lipinski definition) is 0. The normalized spacial score (nSPS) is 13.7. The highest BCUT2D eigenvalue weighted by atomic mass is 16.2. The maximum Gasteiger partial charge on any atom is 0.253 e. The van der Waals surface area contributed by atoms with Crippen LogP contribution in [0.3, 0.4) is 0 Å². The molecule has 1 fully saturated rings. The summed E-state index contributed by atoms with van der Waals surface area (Å²) >= 11 is 0. The van der Waals surface area contributed by atoms with E-state index in [0.717, 1.165) is 42.9 Å². The second-order valence-corrected chi connectivity index (χ2v) is 6.59. The van der Waals surface area contributed by atoms with E-state index in [1.807, 2.05) is 37.2 Å². The third-order valence-electron chi connectivity index (χ3n) is 4.70. The van der Waals surface area contributed by atoms with Gasteiger partial charge in [-0.3, -0.25) is 14.3 Å². The third-order valence-corrected chi connectivity index (χ3v) is 4.70. The third kappa shape index (κ3) is 3.69. The SMILES string of the molecule is C=CC(=O)N(Cc1cn(C)nc1C)c1ccc(C(=O)N2CCCC2)cc1. The molecule has 1 aliphatic rings. The molecule has 1 aliphatic heterocycles. The van der Waals surface area contributed by atoms with Gasteiger partial charge < -0.3 is 9.80 Å². The lowest BCUT2D eigenvalue weighted by molar-refractivity contribution is -0.114. The number of carbonyl (C=O) groups is 2. The van der Waals surface area contributed by atoms with Crippen LogP contribution in [0.5, 0.6) is 0 Å². The van der Waals surface area contributed by atoms with Gasteiger partial charge in [-0.15, -0.1) is 0 Å². The van der Waals surface area contributed by atoms with Crippen LogP contribution in [-0.2, 0) is 18.4 Å². The summed E-state index contributed by atoms with van der Waals surface area (Å²) in [4.78, 5) is 28.4. The van der Waals surface area contributed by atoms with Gasteiger partial charge in [0, 0.05) is 43.1 Å². The van der Waals surface area contributed by atoms with Crippen molar-refractivity contribution in [1.82, 2.24) is 14.7 Å². The minimum absolute atomic E-state index is 0.0544. The fourth-order valence-corrected chi connectivity index (χ4v) is 3.27. The lowest BCUT2D eigenvalue weighted by Crippen LogP contribution is -2.29. The van der Waals surface area contributed by atoms with Gasteiger partial charge in [0.05, 0.1) is 12.2 Å². The first-order valence-corrected chi connectivity index (χ1v) is 8.82. The van der Waals surface area contributed by atoms with Crippen molar-refractivity contribution >= 4 is 17.5 Å². The fourth-order valence-electron chi connectivity index (χ4n) is 3.27. The van der Waals surface area contributed by atoms with Crippen molar-refractivity contribution in [2.24, 2.45) is 7.05 Å². The molecule has 0 saturated carbocycles. The molecule has 1 saturated heterocycles. The van der Waals surface area contributed by atoms with Gasteiger partial charge in [-0.05, 0) is 50.1 Å². The van der Waals surface area contributed by atoms with E-state index in [1.54, 1.807) is 21.7 Å². The standard InChI is InChI=1S/C20H24N4O2/c1-4-19(25)24(14-17-13-22(3)21-15(17)2)18-9-7-16(8-10-18)20(26)23-11-5-6-12-23/h4,7-10,13H,1,5-6,11-12,14H2,2-3H3. The fraction of sp³-hybridized carbons (Fsp3) is 0.350. The first-order chi connectivity index (χ1) is 12.5. The van der Waals surface area contributed by atoms with E-state index >= 15 is 0 Å². The van der Waals surface area contributed by atoms with Gasteiger partial charge in [0.1, 0.15) is 0 Å². The zero-order valence-electron chi connectivity index (χ0n) is 15.3. The Hall–Kier alpha value is -2.89. The van der Waals surface area contributed by atoms with Gasteiger partial charge in [0.2, 0.25) is 0 Å². The Morgan fingerprint density at radius 2 is 1.88 bits per heavy atom. The van der Waals surface area contributed by atoms with Crippen LogP contribution in [0.4, 0.5) is 5.69 Å². The maximum absolute atomic E-state index is 12.5. The van der Waals surface area contributed by atoms with E-state index < -0.39 is 0 Å². The molecule has 0 spiro atoms. The van der Waals surface area contributed by atoms with Crippen molar-refractivity contribution in [3.63, 3.8) is 0 Å². The van der Waals surface area contributed by atoms with E-state index in [9.17, 15) is 9.59 Å². The summed E-state index contributed by atoms with van der Waals surface area (Å²) in [7, 11) is 1.86. The predicted octanol–water partition coefficient (Wildman–Crippen LogP) is 2.68. The molecule has 6 heteroatoms. The summed E-state index contributed by atoms with van der Waals surface area (Å²) in [5.41, 5.74) is 3.24. The van der Waals surface area contributed by atoms with E-state index in [-0.39, 0.29) is 11.8 Å². The number of benzene rings is 1. The predicted molar refractivity (Wildman–Crippen MR) is 101 cm³/mol. The number of amides is 2. The molecule has 136 valence electrons. The molecule has 1 aromatic heterocycles. The molecule has 0 radical (unpaired) electrons. The molecular weight excluding hydrogens is 328 g/mol. The number of aromatic nitrogens is 2. The monoisotopic (exact) mass is 352 g/mol. The number of aryl methyl sites for hydroxylation is 2. The molecule has 3 rings (SSSR count). The van der Waals surface area contributed by atoms with Crippen LogP contribution >= 0.6 is 0 Å². The first kappa shape index (κ1) is 17.9.